The maximum atomic E-state index is 11.4. The molecule has 1 aromatic carbocycles. The third kappa shape index (κ3) is 2.90. The van der Waals surface area contributed by atoms with E-state index in [4.69, 9.17) is 10.5 Å². The number of nitrogens with zero attached hydrogens (tertiary/aromatic N) is 2. The summed E-state index contributed by atoms with van der Waals surface area (Å²) in [6, 6.07) is 8.80. The van der Waals surface area contributed by atoms with Crippen molar-refractivity contribution in [2.75, 3.05) is 18.6 Å². The topological polar surface area (TPSA) is 70.1 Å². The van der Waals surface area contributed by atoms with Crippen molar-refractivity contribution in [1.29, 1.82) is 0 Å². The first kappa shape index (κ1) is 13.5. The molecule has 0 unspecified atom stereocenters. The molecule has 0 radical (unpaired) electrons. The van der Waals surface area contributed by atoms with Gasteiger partial charge in [0.2, 0.25) is 0 Å². The van der Waals surface area contributed by atoms with Crippen LogP contribution in [0.1, 0.15) is 6.92 Å². The third-order valence-corrected chi connectivity index (χ3v) is 3.15. The van der Waals surface area contributed by atoms with Crippen LogP contribution < -0.4 is 16.0 Å². The molecular formula is C13H15N3O2S. The summed E-state index contributed by atoms with van der Waals surface area (Å²) < 4.78 is 7.13. The van der Waals surface area contributed by atoms with E-state index in [0.29, 0.717) is 17.6 Å². The van der Waals surface area contributed by atoms with Crippen LogP contribution in [0.4, 0.5) is 5.82 Å². The number of ether oxygens (including phenoxy) is 1. The first-order valence-corrected chi connectivity index (χ1v) is 7.05. The minimum atomic E-state index is -0.330. The van der Waals surface area contributed by atoms with Gasteiger partial charge in [-0.25, -0.2) is 0 Å². The Bertz CT molecular complexity index is 623. The molecule has 0 bridgehead atoms. The Labute approximate surface area is 115 Å². The largest absolute Gasteiger partial charge is 0.494 e. The minimum Gasteiger partial charge on any atom is -0.494 e. The second kappa shape index (κ2) is 5.79. The van der Waals surface area contributed by atoms with Gasteiger partial charge in [0.1, 0.15) is 11.6 Å². The number of thioether (sulfide) groups is 1. The zero-order valence-electron chi connectivity index (χ0n) is 10.8. The standard InChI is InChI=1S/C13H15N3O2S/c1-3-18-10-6-4-9(5-7-10)16-11(14)8-12(17)15-13(16)19-2/h4-8H,3,14H2,1-2H3. The summed E-state index contributed by atoms with van der Waals surface area (Å²) in [5, 5.41) is 0.564. The highest BCUT2D eigenvalue weighted by atomic mass is 32.2. The SMILES string of the molecule is CCOc1ccc(-n2c(N)cc(=O)nc2SC)cc1. The summed E-state index contributed by atoms with van der Waals surface area (Å²) in [6.45, 7) is 2.56. The quantitative estimate of drug-likeness (QED) is 0.683. The van der Waals surface area contributed by atoms with Gasteiger partial charge in [0.05, 0.1) is 6.61 Å². The van der Waals surface area contributed by atoms with Gasteiger partial charge >= 0.3 is 0 Å². The van der Waals surface area contributed by atoms with E-state index >= 15 is 0 Å². The van der Waals surface area contributed by atoms with Crippen molar-refractivity contribution in [3.8, 4) is 11.4 Å². The van der Waals surface area contributed by atoms with Gasteiger partial charge in [-0.3, -0.25) is 9.36 Å². The molecule has 6 heteroatoms. The van der Waals surface area contributed by atoms with Gasteiger partial charge in [-0.2, -0.15) is 4.98 Å². The van der Waals surface area contributed by atoms with Crippen molar-refractivity contribution in [1.82, 2.24) is 9.55 Å². The lowest BCUT2D eigenvalue weighted by atomic mass is 10.3. The second-order valence-corrected chi connectivity index (χ2v) is 4.54. The first-order valence-electron chi connectivity index (χ1n) is 5.82. The fourth-order valence-electron chi connectivity index (χ4n) is 1.73. The van der Waals surface area contributed by atoms with Gasteiger partial charge in [-0.05, 0) is 37.4 Å². The second-order valence-electron chi connectivity index (χ2n) is 3.77. The molecule has 0 amide bonds. The fraction of sp³-hybridized carbons (Fsp3) is 0.231. The van der Waals surface area contributed by atoms with Crippen LogP contribution in [0.15, 0.2) is 40.3 Å². The van der Waals surface area contributed by atoms with Gasteiger partial charge in [0.15, 0.2) is 5.16 Å². The smallest absolute Gasteiger partial charge is 0.275 e. The molecule has 0 saturated heterocycles. The maximum Gasteiger partial charge on any atom is 0.275 e. The van der Waals surface area contributed by atoms with Crippen molar-refractivity contribution in [2.24, 2.45) is 0 Å². The Morgan fingerprint density at radius 1 is 1.37 bits per heavy atom. The Kier molecular flexibility index (Phi) is 4.11. The molecule has 1 aromatic heterocycles. The summed E-state index contributed by atoms with van der Waals surface area (Å²) in [5.74, 6) is 1.16. The Balaban J connectivity index is 2.49. The van der Waals surface area contributed by atoms with Gasteiger partial charge in [-0.15, -0.1) is 0 Å². The lowest BCUT2D eigenvalue weighted by molar-refractivity contribution is 0.340. The van der Waals surface area contributed by atoms with Crippen molar-refractivity contribution >= 4 is 17.6 Å². The first-order chi connectivity index (χ1) is 9.15. The minimum absolute atomic E-state index is 0.330. The molecule has 100 valence electrons. The van der Waals surface area contributed by atoms with Crippen molar-refractivity contribution < 1.29 is 4.74 Å². The molecule has 0 aliphatic rings. The van der Waals surface area contributed by atoms with Crippen molar-refractivity contribution in [3.05, 3.63) is 40.7 Å². The van der Waals surface area contributed by atoms with Crippen LogP contribution in [-0.2, 0) is 0 Å². The van der Waals surface area contributed by atoms with E-state index in [9.17, 15) is 4.79 Å². The number of nitrogens with two attached hydrogens (primary N) is 1. The van der Waals surface area contributed by atoms with E-state index in [1.807, 2.05) is 37.4 Å². The fourth-order valence-corrected chi connectivity index (χ4v) is 2.31. The van der Waals surface area contributed by atoms with Crippen LogP contribution >= 0.6 is 11.8 Å². The number of nitrogen functional groups attached to an aromatic ring is 1. The van der Waals surface area contributed by atoms with Gasteiger partial charge in [-0.1, -0.05) is 11.8 Å². The van der Waals surface area contributed by atoms with E-state index in [1.165, 1.54) is 17.8 Å². The average molecular weight is 277 g/mol. The summed E-state index contributed by atoms with van der Waals surface area (Å²) >= 11 is 1.37. The number of anilines is 1. The number of aromatic nitrogens is 2. The Hall–Kier alpha value is -1.95. The van der Waals surface area contributed by atoms with Gasteiger partial charge in [0, 0.05) is 11.8 Å². The summed E-state index contributed by atoms with van der Waals surface area (Å²) in [6.07, 6.45) is 1.85. The Morgan fingerprint density at radius 2 is 2.05 bits per heavy atom. The van der Waals surface area contributed by atoms with Crippen molar-refractivity contribution in [3.63, 3.8) is 0 Å². The molecule has 0 fully saturated rings. The maximum absolute atomic E-state index is 11.4. The molecule has 0 atom stereocenters. The van der Waals surface area contributed by atoms with E-state index in [2.05, 4.69) is 4.98 Å². The predicted molar refractivity (Wildman–Crippen MR) is 77.2 cm³/mol. The van der Waals surface area contributed by atoms with E-state index in [1.54, 1.807) is 4.57 Å². The highest BCUT2D eigenvalue weighted by molar-refractivity contribution is 7.98. The van der Waals surface area contributed by atoms with E-state index in [0.717, 1.165) is 11.4 Å². The molecule has 2 rings (SSSR count). The van der Waals surface area contributed by atoms with Gasteiger partial charge < -0.3 is 10.5 Å². The summed E-state index contributed by atoms with van der Waals surface area (Å²) in [7, 11) is 0. The zero-order valence-corrected chi connectivity index (χ0v) is 11.6. The number of rotatable bonds is 4. The molecule has 2 N–H and O–H groups in total. The molecule has 0 saturated carbocycles. The molecule has 5 nitrogen and oxygen atoms in total. The van der Waals surface area contributed by atoms with Crippen LogP contribution in [0.2, 0.25) is 0 Å². The van der Waals surface area contributed by atoms with Crippen LogP contribution in [-0.4, -0.2) is 22.4 Å². The zero-order chi connectivity index (χ0) is 13.8. The molecule has 0 spiro atoms. The highest BCUT2D eigenvalue weighted by Gasteiger charge is 2.08. The third-order valence-electron chi connectivity index (χ3n) is 2.52. The van der Waals surface area contributed by atoms with Crippen LogP contribution in [0.3, 0.4) is 0 Å². The highest BCUT2D eigenvalue weighted by Crippen LogP contribution is 2.22. The van der Waals surface area contributed by atoms with E-state index < -0.39 is 0 Å². The molecule has 2 aromatic rings. The number of benzene rings is 1. The average Bonchev–Trinajstić information content (AvgIpc) is 2.39. The lowest BCUT2D eigenvalue weighted by Gasteiger charge is -2.14. The number of hydrogen-bond acceptors (Lipinski definition) is 5. The molecule has 19 heavy (non-hydrogen) atoms. The van der Waals surface area contributed by atoms with Crippen LogP contribution in [0, 0.1) is 0 Å². The molecular weight excluding hydrogens is 262 g/mol. The normalized spacial score (nSPS) is 10.4. The summed E-state index contributed by atoms with van der Waals surface area (Å²) in [5.41, 5.74) is 6.42. The van der Waals surface area contributed by atoms with Crippen LogP contribution in [0.5, 0.6) is 5.75 Å². The lowest BCUT2D eigenvalue weighted by Crippen LogP contribution is -2.16. The van der Waals surface area contributed by atoms with Gasteiger partial charge in [0.25, 0.3) is 5.56 Å². The number of hydrogen-bond donors (Lipinski definition) is 1. The molecule has 0 aliphatic heterocycles. The molecule has 0 aliphatic carbocycles. The van der Waals surface area contributed by atoms with Crippen LogP contribution in [0.25, 0.3) is 5.69 Å². The monoisotopic (exact) mass is 277 g/mol. The predicted octanol–water partition coefficient (Wildman–Crippen LogP) is 1.94. The summed E-state index contributed by atoms with van der Waals surface area (Å²) in [4.78, 5) is 15.3. The van der Waals surface area contributed by atoms with E-state index in [-0.39, 0.29) is 5.56 Å². The Morgan fingerprint density at radius 3 is 2.63 bits per heavy atom. The molecule has 1 heterocycles. The van der Waals surface area contributed by atoms with Crippen molar-refractivity contribution in [2.45, 2.75) is 12.1 Å².